The van der Waals surface area contributed by atoms with Crippen molar-refractivity contribution in [3.05, 3.63) is 11.6 Å². The molecule has 0 heterocycles. The minimum atomic E-state index is -0.921. The minimum absolute atomic E-state index is 0.00981. The largest absolute Gasteiger partial charge is 0.391 e. The Bertz CT molecular complexity index is 826. The highest BCUT2D eigenvalue weighted by Crippen LogP contribution is 3.01. The molecule has 0 aromatic heterocycles. The molecule has 0 aromatic rings. The summed E-state index contributed by atoms with van der Waals surface area (Å²) >= 11 is 0. The summed E-state index contributed by atoms with van der Waals surface area (Å²) in [5, 5.41) is 22.6. The molecule has 0 aliphatic heterocycles. The van der Waals surface area contributed by atoms with E-state index in [-0.39, 0.29) is 40.2 Å². The number of Topliss-reactive ketones (excluding diaryl/α,β-unsaturated/α-hetero) is 2. The van der Waals surface area contributed by atoms with Gasteiger partial charge in [0.1, 0.15) is 11.7 Å². The second-order valence-corrected chi connectivity index (χ2v) is 12.7. The van der Waals surface area contributed by atoms with E-state index in [2.05, 4.69) is 19.9 Å². The van der Waals surface area contributed by atoms with Crippen LogP contribution < -0.4 is 0 Å². The predicted molar refractivity (Wildman–Crippen MR) is 117 cm³/mol. The maximum atomic E-state index is 13.8. The van der Waals surface area contributed by atoms with Gasteiger partial charge in [0.25, 0.3) is 0 Å². The topological polar surface area (TPSA) is 74.6 Å². The van der Waals surface area contributed by atoms with E-state index in [0.29, 0.717) is 19.3 Å². The van der Waals surface area contributed by atoms with Crippen LogP contribution in [0.1, 0.15) is 81.1 Å². The monoisotopic (exact) mass is 416 g/mol. The summed E-state index contributed by atoms with van der Waals surface area (Å²) in [7, 11) is 0. The zero-order valence-corrected chi connectivity index (χ0v) is 20.0. The molecule has 168 valence electrons. The Balaban J connectivity index is 1.82. The van der Waals surface area contributed by atoms with Crippen molar-refractivity contribution >= 4 is 11.6 Å². The summed E-state index contributed by atoms with van der Waals surface area (Å²) in [6.07, 6.45) is 3.67. The highest BCUT2D eigenvalue weighted by molar-refractivity contribution is 6.08. The number of hydrogen-bond donors (Lipinski definition) is 2. The highest BCUT2D eigenvalue weighted by atomic mass is 16.3. The van der Waals surface area contributed by atoms with Gasteiger partial charge in [0.15, 0.2) is 5.78 Å². The standard InChI is InChI=1S/C26H40O4/c1-14(2)9-10-24-13-26-21(24)25(26,12-17(22(26,5)6)23(7,8)30)20(29)18(19(24)28)16(27)11-15(3)4/h9,15,17-18,20-21,29-30H,10-13H2,1-8H3/t17-,18?,20?,21?,24?,25+,26-/m0/s1. The third-order valence-electron chi connectivity index (χ3n) is 9.77. The molecule has 0 radical (unpaired) electrons. The maximum absolute atomic E-state index is 13.8. The third-order valence-corrected chi connectivity index (χ3v) is 9.77. The number of allylic oxidation sites excluding steroid dienone is 2. The second-order valence-electron chi connectivity index (χ2n) is 12.7. The first kappa shape index (κ1) is 22.2. The molecule has 4 unspecified atom stereocenters. The zero-order valence-electron chi connectivity index (χ0n) is 20.0. The van der Waals surface area contributed by atoms with Gasteiger partial charge < -0.3 is 10.2 Å². The average molecular weight is 417 g/mol. The molecule has 4 fully saturated rings. The molecule has 0 saturated heterocycles. The van der Waals surface area contributed by atoms with Crippen molar-refractivity contribution in [3.63, 3.8) is 0 Å². The Morgan fingerprint density at radius 3 is 2.37 bits per heavy atom. The number of ketones is 2. The molecular formula is C26H40O4. The van der Waals surface area contributed by atoms with Gasteiger partial charge in [-0.1, -0.05) is 39.3 Å². The number of hydrogen-bond acceptors (Lipinski definition) is 4. The van der Waals surface area contributed by atoms with Crippen LogP contribution in [-0.4, -0.2) is 33.5 Å². The molecule has 4 aliphatic rings. The van der Waals surface area contributed by atoms with E-state index in [1.807, 2.05) is 41.5 Å². The van der Waals surface area contributed by atoms with E-state index in [0.717, 1.165) is 6.42 Å². The van der Waals surface area contributed by atoms with E-state index in [1.165, 1.54) is 5.57 Å². The smallest absolute Gasteiger partial charge is 0.152 e. The van der Waals surface area contributed by atoms with Crippen LogP contribution in [0.2, 0.25) is 0 Å². The van der Waals surface area contributed by atoms with Crippen LogP contribution in [-0.2, 0) is 9.59 Å². The SMILES string of the molecule is CC(C)=CCC12C[C@@]34C1[C@@]3(C[C@H](C(C)(C)O)C4(C)C)C(O)C(C(=O)CC(C)C)C2=O. The molecule has 4 rings (SSSR count). The van der Waals surface area contributed by atoms with Gasteiger partial charge in [0, 0.05) is 17.3 Å². The molecule has 0 bridgehead atoms. The fraction of sp³-hybridized carbons (Fsp3) is 0.846. The average Bonchev–Trinajstić information content (AvgIpc) is 3.00. The Morgan fingerprint density at radius 1 is 1.27 bits per heavy atom. The van der Waals surface area contributed by atoms with Crippen molar-refractivity contribution in [3.8, 4) is 0 Å². The lowest BCUT2D eigenvalue weighted by molar-refractivity contribution is -0.166. The van der Waals surface area contributed by atoms with Crippen molar-refractivity contribution in [1.82, 2.24) is 0 Å². The van der Waals surface area contributed by atoms with Gasteiger partial charge in [-0.25, -0.2) is 0 Å². The fourth-order valence-corrected chi connectivity index (χ4v) is 8.92. The first-order chi connectivity index (χ1) is 13.6. The third kappa shape index (κ3) is 2.25. The number of aliphatic hydroxyl groups excluding tert-OH is 1. The van der Waals surface area contributed by atoms with Crippen LogP contribution in [0.15, 0.2) is 11.6 Å². The molecule has 4 nitrogen and oxygen atoms in total. The van der Waals surface area contributed by atoms with Crippen LogP contribution in [0.4, 0.5) is 0 Å². The summed E-state index contributed by atoms with van der Waals surface area (Å²) in [6.45, 7) is 16.2. The highest BCUT2D eigenvalue weighted by Gasteiger charge is 3.01. The summed E-state index contributed by atoms with van der Waals surface area (Å²) in [6, 6.07) is 0. The van der Waals surface area contributed by atoms with E-state index in [4.69, 9.17) is 0 Å². The van der Waals surface area contributed by atoms with Gasteiger partial charge in [-0.15, -0.1) is 0 Å². The van der Waals surface area contributed by atoms with Gasteiger partial charge >= 0.3 is 0 Å². The lowest BCUT2D eigenvalue weighted by Gasteiger charge is -2.56. The number of carbonyl (C=O) groups excluding carboxylic acids is 2. The molecule has 4 saturated carbocycles. The van der Waals surface area contributed by atoms with Crippen LogP contribution in [0.3, 0.4) is 0 Å². The van der Waals surface area contributed by atoms with Crippen LogP contribution >= 0.6 is 0 Å². The minimum Gasteiger partial charge on any atom is -0.391 e. The van der Waals surface area contributed by atoms with Gasteiger partial charge in [-0.2, -0.15) is 0 Å². The predicted octanol–water partition coefficient (Wildman–Crippen LogP) is 4.33. The van der Waals surface area contributed by atoms with E-state index >= 15 is 0 Å². The summed E-state index contributed by atoms with van der Waals surface area (Å²) in [5.41, 5.74) is -0.953. The van der Waals surface area contributed by atoms with Gasteiger partial charge in [0.05, 0.1) is 11.7 Å². The molecule has 0 amide bonds. The lowest BCUT2D eigenvalue weighted by atomic mass is 9.46. The Hall–Kier alpha value is -1.00. The molecule has 2 spiro atoms. The van der Waals surface area contributed by atoms with Gasteiger partial charge in [0.2, 0.25) is 0 Å². The summed E-state index contributed by atoms with van der Waals surface area (Å²) < 4.78 is 0. The fourth-order valence-electron chi connectivity index (χ4n) is 8.92. The number of aliphatic hydroxyl groups is 2. The molecular weight excluding hydrogens is 376 g/mol. The van der Waals surface area contributed by atoms with Crippen molar-refractivity contribution in [2.45, 2.75) is 92.8 Å². The normalized spacial score (nSPS) is 45.5. The first-order valence-corrected chi connectivity index (χ1v) is 11.7. The van der Waals surface area contributed by atoms with E-state index < -0.39 is 28.5 Å². The van der Waals surface area contributed by atoms with Crippen LogP contribution in [0, 0.1) is 45.3 Å². The zero-order chi connectivity index (χ0) is 22.7. The van der Waals surface area contributed by atoms with Gasteiger partial charge in [-0.3, -0.25) is 9.59 Å². The Labute approximate surface area is 181 Å². The van der Waals surface area contributed by atoms with Crippen molar-refractivity contribution in [2.24, 2.45) is 45.3 Å². The summed E-state index contributed by atoms with van der Waals surface area (Å²) in [5.74, 6) is -0.684. The molecule has 4 aliphatic carbocycles. The van der Waals surface area contributed by atoms with E-state index in [9.17, 15) is 19.8 Å². The van der Waals surface area contributed by atoms with Crippen LogP contribution in [0.25, 0.3) is 0 Å². The Morgan fingerprint density at radius 2 is 1.87 bits per heavy atom. The summed E-state index contributed by atoms with van der Waals surface area (Å²) in [4.78, 5) is 27.0. The van der Waals surface area contributed by atoms with Gasteiger partial charge in [-0.05, 0) is 75.5 Å². The molecule has 4 heteroatoms. The molecule has 2 N–H and O–H groups in total. The second kappa shape index (κ2) is 6.07. The lowest BCUT2D eigenvalue weighted by Crippen LogP contribution is -2.59. The molecule has 7 atom stereocenters. The first-order valence-electron chi connectivity index (χ1n) is 11.7. The van der Waals surface area contributed by atoms with Crippen molar-refractivity contribution in [2.75, 3.05) is 0 Å². The van der Waals surface area contributed by atoms with E-state index in [1.54, 1.807) is 0 Å². The maximum Gasteiger partial charge on any atom is 0.152 e. The number of rotatable bonds is 6. The van der Waals surface area contributed by atoms with Crippen LogP contribution in [0.5, 0.6) is 0 Å². The Kier molecular flexibility index (Phi) is 4.49. The molecule has 0 aromatic carbocycles. The van der Waals surface area contributed by atoms with Crippen molar-refractivity contribution in [1.29, 1.82) is 0 Å². The molecule has 30 heavy (non-hydrogen) atoms. The number of carbonyl (C=O) groups is 2. The quantitative estimate of drug-likeness (QED) is 0.499. The van der Waals surface area contributed by atoms with Crippen molar-refractivity contribution < 1.29 is 19.8 Å².